The number of nitriles is 1. The number of hydrogen-bond donors (Lipinski definition) is 0. The lowest BCUT2D eigenvalue weighted by atomic mass is 10.2. The van der Waals surface area contributed by atoms with Gasteiger partial charge in [-0.15, -0.1) is 0 Å². The van der Waals surface area contributed by atoms with Crippen molar-refractivity contribution in [3.05, 3.63) is 28.0 Å². The van der Waals surface area contributed by atoms with Crippen molar-refractivity contribution in [3.8, 4) is 6.07 Å². The second-order valence-electron chi connectivity index (χ2n) is 2.38. The van der Waals surface area contributed by atoms with E-state index in [2.05, 4.69) is 20.9 Å². The average Bonchev–Trinajstić information content (AvgIpc) is 2.19. The zero-order valence-electron chi connectivity index (χ0n) is 7.45. The van der Waals surface area contributed by atoms with Crippen LogP contribution in [0.4, 0.5) is 0 Å². The molecule has 1 heterocycles. The average molecular weight is 255 g/mol. The van der Waals surface area contributed by atoms with Gasteiger partial charge in [0.25, 0.3) is 0 Å². The molecule has 4 nitrogen and oxygen atoms in total. The van der Waals surface area contributed by atoms with E-state index in [4.69, 9.17) is 10.00 Å². The topological polar surface area (TPSA) is 63.0 Å². The monoisotopic (exact) mass is 254 g/mol. The van der Waals surface area contributed by atoms with Crippen LogP contribution >= 0.6 is 15.9 Å². The summed E-state index contributed by atoms with van der Waals surface area (Å²) >= 11 is 3.16. The lowest BCUT2D eigenvalue weighted by Crippen LogP contribution is -2.06. The van der Waals surface area contributed by atoms with Crippen molar-refractivity contribution in [1.82, 2.24) is 4.98 Å². The summed E-state index contributed by atoms with van der Waals surface area (Å²) in [6.07, 6.45) is 1.41. The highest BCUT2D eigenvalue weighted by atomic mass is 79.9. The third-order valence-electron chi connectivity index (χ3n) is 1.47. The van der Waals surface area contributed by atoms with Gasteiger partial charge in [0.1, 0.15) is 11.8 Å². The summed E-state index contributed by atoms with van der Waals surface area (Å²) in [5, 5.41) is 8.58. The molecule has 0 aliphatic heterocycles. The van der Waals surface area contributed by atoms with Gasteiger partial charge in [0.2, 0.25) is 0 Å². The number of nitrogens with zero attached hydrogens (tertiary/aromatic N) is 2. The zero-order chi connectivity index (χ0) is 10.6. The van der Waals surface area contributed by atoms with E-state index in [1.807, 2.05) is 6.07 Å². The second-order valence-corrected chi connectivity index (χ2v) is 3.24. The Morgan fingerprint density at radius 3 is 3.07 bits per heavy atom. The van der Waals surface area contributed by atoms with Gasteiger partial charge >= 0.3 is 5.97 Å². The first kappa shape index (κ1) is 10.7. The van der Waals surface area contributed by atoms with Gasteiger partial charge in [-0.05, 0) is 28.9 Å². The van der Waals surface area contributed by atoms with Gasteiger partial charge in [0.15, 0.2) is 0 Å². The maximum Gasteiger partial charge on any atom is 0.339 e. The Kier molecular flexibility index (Phi) is 3.60. The van der Waals surface area contributed by atoms with Crippen LogP contribution in [-0.2, 0) is 4.74 Å². The van der Waals surface area contributed by atoms with Crippen molar-refractivity contribution >= 4 is 21.9 Å². The fraction of sp³-hybridized carbons (Fsp3) is 0.222. The molecule has 0 spiro atoms. The van der Waals surface area contributed by atoms with E-state index in [1.54, 1.807) is 6.92 Å². The van der Waals surface area contributed by atoms with Crippen LogP contribution in [0.2, 0.25) is 0 Å². The molecule has 14 heavy (non-hydrogen) atoms. The molecular weight excluding hydrogens is 248 g/mol. The van der Waals surface area contributed by atoms with Gasteiger partial charge in [0.05, 0.1) is 16.6 Å². The molecule has 0 atom stereocenters. The lowest BCUT2D eigenvalue weighted by Gasteiger charge is -2.03. The lowest BCUT2D eigenvalue weighted by molar-refractivity contribution is 0.0525. The smallest absolute Gasteiger partial charge is 0.339 e. The predicted molar refractivity (Wildman–Crippen MR) is 52.6 cm³/mol. The fourth-order valence-corrected chi connectivity index (χ4v) is 1.24. The number of pyridine rings is 1. The molecule has 0 N–H and O–H groups in total. The SMILES string of the molecule is CCOC(=O)c1cc(C#N)ncc1Br. The van der Waals surface area contributed by atoms with Gasteiger partial charge in [-0.2, -0.15) is 5.26 Å². The minimum Gasteiger partial charge on any atom is -0.462 e. The van der Waals surface area contributed by atoms with E-state index < -0.39 is 5.97 Å². The summed E-state index contributed by atoms with van der Waals surface area (Å²) in [6.45, 7) is 2.02. The van der Waals surface area contributed by atoms with E-state index in [1.165, 1.54) is 12.3 Å². The van der Waals surface area contributed by atoms with Crippen LogP contribution in [0.3, 0.4) is 0 Å². The van der Waals surface area contributed by atoms with Gasteiger partial charge in [0, 0.05) is 6.20 Å². The maximum absolute atomic E-state index is 11.3. The molecule has 72 valence electrons. The molecule has 0 aliphatic rings. The Morgan fingerprint density at radius 1 is 1.79 bits per heavy atom. The van der Waals surface area contributed by atoms with Crippen LogP contribution in [0.5, 0.6) is 0 Å². The summed E-state index contributed by atoms with van der Waals surface area (Å²) in [4.78, 5) is 15.1. The van der Waals surface area contributed by atoms with Crippen molar-refractivity contribution in [2.24, 2.45) is 0 Å². The predicted octanol–water partition coefficient (Wildman–Crippen LogP) is 1.89. The molecule has 1 aromatic heterocycles. The molecule has 0 aliphatic carbocycles. The van der Waals surface area contributed by atoms with Crippen molar-refractivity contribution in [2.45, 2.75) is 6.92 Å². The maximum atomic E-state index is 11.3. The third-order valence-corrected chi connectivity index (χ3v) is 2.10. The third kappa shape index (κ3) is 2.30. The zero-order valence-corrected chi connectivity index (χ0v) is 9.04. The summed E-state index contributed by atoms with van der Waals surface area (Å²) in [6, 6.07) is 3.24. The molecule has 0 radical (unpaired) electrons. The largest absolute Gasteiger partial charge is 0.462 e. The molecule has 1 aromatic rings. The quantitative estimate of drug-likeness (QED) is 0.757. The highest BCUT2D eigenvalue weighted by Gasteiger charge is 2.12. The van der Waals surface area contributed by atoms with Gasteiger partial charge in [-0.25, -0.2) is 9.78 Å². The number of ether oxygens (including phenoxy) is 1. The molecule has 0 unspecified atom stereocenters. The Morgan fingerprint density at radius 2 is 2.50 bits per heavy atom. The molecule has 0 saturated carbocycles. The first-order valence-electron chi connectivity index (χ1n) is 3.91. The summed E-state index contributed by atoms with van der Waals surface area (Å²) < 4.78 is 5.33. The number of carbonyl (C=O) groups excluding carboxylic acids is 1. The Balaban J connectivity index is 3.07. The number of rotatable bonds is 2. The Bertz CT molecular complexity index is 398. The Hall–Kier alpha value is -1.41. The standard InChI is InChI=1S/C9H7BrN2O2/c1-2-14-9(13)7-3-6(4-11)12-5-8(7)10/h3,5H,2H2,1H3. The molecule has 5 heteroatoms. The minimum absolute atomic E-state index is 0.191. The van der Waals surface area contributed by atoms with Crippen molar-refractivity contribution in [1.29, 1.82) is 5.26 Å². The van der Waals surface area contributed by atoms with Gasteiger partial charge < -0.3 is 4.74 Å². The first-order valence-corrected chi connectivity index (χ1v) is 4.71. The number of carbonyl (C=O) groups is 1. The molecule has 1 rings (SSSR count). The van der Waals surface area contributed by atoms with Gasteiger partial charge in [-0.3, -0.25) is 0 Å². The van der Waals surface area contributed by atoms with E-state index >= 15 is 0 Å². The normalized spacial score (nSPS) is 9.21. The second kappa shape index (κ2) is 4.72. The van der Waals surface area contributed by atoms with Crippen LogP contribution in [0, 0.1) is 11.3 Å². The minimum atomic E-state index is -0.460. The summed E-state index contributed by atoms with van der Waals surface area (Å²) in [5.41, 5.74) is 0.509. The van der Waals surface area contributed by atoms with E-state index in [-0.39, 0.29) is 5.69 Å². The van der Waals surface area contributed by atoms with Crippen LogP contribution in [0.25, 0.3) is 0 Å². The number of aromatic nitrogens is 1. The highest BCUT2D eigenvalue weighted by molar-refractivity contribution is 9.10. The van der Waals surface area contributed by atoms with Gasteiger partial charge in [-0.1, -0.05) is 0 Å². The van der Waals surface area contributed by atoms with Crippen molar-refractivity contribution in [3.63, 3.8) is 0 Å². The van der Waals surface area contributed by atoms with Crippen LogP contribution < -0.4 is 0 Å². The van der Waals surface area contributed by atoms with Crippen LogP contribution in [-0.4, -0.2) is 17.6 Å². The highest BCUT2D eigenvalue weighted by Crippen LogP contribution is 2.17. The van der Waals surface area contributed by atoms with E-state index in [0.717, 1.165) is 0 Å². The molecular formula is C9H7BrN2O2. The van der Waals surface area contributed by atoms with E-state index in [9.17, 15) is 4.79 Å². The van der Waals surface area contributed by atoms with Crippen LogP contribution in [0.15, 0.2) is 16.7 Å². The van der Waals surface area contributed by atoms with Crippen LogP contribution in [0.1, 0.15) is 23.0 Å². The molecule has 0 aromatic carbocycles. The van der Waals surface area contributed by atoms with E-state index in [0.29, 0.717) is 16.6 Å². The number of esters is 1. The van der Waals surface area contributed by atoms with Crippen molar-refractivity contribution < 1.29 is 9.53 Å². The Labute approximate surface area is 89.6 Å². The molecule has 0 fully saturated rings. The fourth-order valence-electron chi connectivity index (χ4n) is 0.865. The first-order chi connectivity index (χ1) is 6.69. The van der Waals surface area contributed by atoms with Crippen molar-refractivity contribution in [2.75, 3.05) is 6.61 Å². The summed E-state index contributed by atoms with van der Waals surface area (Å²) in [7, 11) is 0. The summed E-state index contributed by atoms with van der Waals surface area (Å²) in [5.74, 6) is -0.460. The molecule has 0 amide bonds. The number of halogens is 1. The molecule has 0 bridgehead atoms. The molecule has 0 saturated heterocycles. The number of hydrogen-bond acceptors (Lipinski definition) is 4.